The van der Waals surface area contributed by atoms with Crippen LogP contribution in [0.15, 0.2) is 15.8 Å². The molecule has 0 aliphatic heterocycles. The lowest BCUT2D eigenvalue weighted by molar-refractivity contribution is 0.233. The molecule has 0 unspecified atom stereocenters. The van der Waals surface area contributed by atoms with E-state index in [4.69, 9.17) is 10.9 Å². The molecule has 4 N–H and O–H groups in total. The third-order valence-electron chi connectivity index (χ3n) is 1.59. The lowest BCUT2D eigenvalue weighted by Crippen LogP contribution is -2.21. The number of nitrogens with two attached hydrogens (primary N) is 1. The van der Waals surface area contributed by atoms with Gasteiger partial charge in [0.2, 0.25) is 0 Å². The van der Waals surface area contributed by atoms with E-state index >= 15 is 0 Å². The molecule has 0 spiro atoms. The Bertz CT molecular complexity index is 272. The summed E-state index contributed by atoms with van der Waals surface area (Å²) in [6.07, 6.45) is 3.14. The third-order valence-corrected chi connectivity index (χ3v) is 1.59. The van der Waals surface area contributed by atoms with E-state index in [1.54, 1.807) is 0 Å². The zero-order valence-electron chi connectivity index (χ0n) is 7.68. The first-order valence-electron chi connectivity index (χ1n) is 4.31. The molecule has 0 amide bonds. The van der Waals surface area contributed by atoms with Crippen molar-refractivity contribution in [3.8, 4) is 0 Å². The SMILES string of the molecule is NCCCCN=C(NO)c1cnon1. The van der Waals surface area contributed by atoms with Crippen molar-refractivity contribution in [3.05, 3.63) is 11.9 Å². The van der Waals surface area contributed by atoms with Crippen LogP contribution >= 0.6 is 0 Å². The van der Waals surface area contributed by atoms with Gasteiger partial charge < -0.3 is 5.73 Å². The van der Waals surface area contributed by atoms with Gasteiger partial charge in [0.1, 0.15) is 6.20 Å². The van der Waals surface area contributed by atoms with Crippen LogP contribution in [0.3, 0.4) is 0 Å². The predicted molar refractivity (Wildman–Crippen MR) is 48.9 cm³/mol. The molecule has 0 radical (unpaired) electrons. The molecule has 0 aromatic carbocycles. The molecule has 0 aliphatic carbocycles. The van der Waals surface area contributed by atoms with Crippen LogP contribution < -0.4 is 11.2 Å². The number of rotatable bonds is 5. The number of aliphatic imine (C=N–C) groups is 1. The number of nitrogens with one attached hydrogen (secondary N) is 1. The number of hydroxylamine groups is 1. The van der Waals surface area contributed by atoms with Crippen LogP contribution in [0, 0.1) is 0 Å². The Balaban J connectivity index is 2.45. The summed E-state index contributed by atoms with van der Waals surface area (Å²) in [5, 5.41) is 15.7. The van der Waals surface area contributed by atoms with E-state index in [1.807, 2.05) is 5.48 Å². The summed E-state index contributed by atoms with van der Waals surface area (Å²) in [6.45, 7) is 1.22. The van der Waals surface area contributed by atoms with Crippen molar-refractivity contribution in [1.82, 2.24) is 15.8 Å². The number of aromatic nitrogens is 2. The van der Waals surface area contributed by atoms with E-state index in [1.165, 1.54) is 6.20 Å². The van der Waals surface area contributed by atoms with Crippen molar-refractivity contribution in [3.63, 3.8) is 0 Å². The minimum Gasteiger partial charge on any atom is -0.330 e. The molecule has 0 fully saturated rings. The van der Waals surface area contributed by atoms with Gasteiger partial charge >= 0.3 is 0 Å². The molecule has 7 heteroatoms. The van der Waals surface area contributed by atoms with Crippen LogP contribution in [0.4, 0.5) is 0 Å². The average Bonchev–Trinajstić information content (AvgIpc) is 2.71. The topological polar surface area (TPSA) is 110 Å². The second-order valence-electron chi connectivity index (χ2n) is 2.63. The minimum absolute atomic E-state index is 0.253. The van der Waals surface area contributed by atoms with E-state index in [9.17, 15) is 0 Å². The van der Waals surface area contributed by atoms with Crippen molar-refractivity contribution in [2.24, 2.45) is 10.7 Å². The van der Waals surface area contributed by atoms with Crippen LogP contribution in [0.2, 0.25) is 0 Å². The van der Waals surface area contributed by atoms with Crippen molar-refractivity contribution >= 4 is 5.84 Å². The molecule has 1 aromatic rings. The molecule has 14 heavy (non-hydrogen) atoms. The summed E-state index contributed by atoms with van der Waals surface area (Å²) in [7, 11) is 0. The van der Waals surface area contributed by atoms with Gasteiger partial charge in [0.15, 0.2) is 11.5 Å². The summed E-state index contributed by atoms with van der Waals surface area (Å²) in [4.78, 5) is 4.06. The summed E-state index contributed by atoms with van der Waals surface area (Å²) in [6, 6.07) is 0. The van der Waals surface area contributed by atoms with Gasteiger partial charge in [-0.2, -0.15) is 0 Å². The zero-order valence-corrected chi connectivity index (χ0v) is 7.68. The second kappa shape index (κ2) is 6.06. The van der Waals surface area contributed by atoms with Crippen LogP contribution in [0.5, 0.6) is 0 Å². The molecule has 0 saturated heterocycles. The monoisotopic (exact) mass is 199 g/mol. The molecule has 78 valence electrons. The number of nitrogens with zero attached hydrogens (tertiary/aromatic N) is 3. The van der Waals surface area contributed by atoms with E-state index in [0.29, 0.717) is 18.8 Å². The van der Waals surface area contributed by atoms with E-state index in [0.717, 1.165) is 12.8 Å². The first-order chi connectivity index (χ1) is 6.88. The second-order valence-corrected chi connectivity index (χ2v) is 2.63. The van der Waals surface area contributed by atoms with Crippen molar-refractivity contribution in [2.45, 2.75) is 12.8 Å². The Hall–Kier alpha value is -1.47. The molecular weight excluding hydrogens is 186 g/mol. The number of amidine groups is 1. The maximum absolute atomic E-state index is 8.74. The highest BCUT2D eigenvalue weighted by atomic mass is 16.6. The maximum Gasteiger partial charge on any atom is 0.176 e. The van der Waals surface area contributed by atoms with E-state index in [-0.39, 0.29) is 5.84 Å². The number of unbranched alkanes of at least 4 members (excludes halogenated alkanes) is 1. The zero-order chi connectivity index (χ0) is 10.2. The van der Waals surface area contributed by atoms with Crippen LogP contribution in [0.25, 0.3) is 0 Å². The number of hydrogen-bond donors (Lipinski definition) is 3. The Morgan fingerprint density at radius 2 is 2.50 bits per heavy atom. The Morgan fingerprint density at radius 3 is 3.07 bits per heavy atom. The normalized spacial score (nSPS) is 11.7. The fraction of sp³-hybridized carbons (Fsp3) is 0.571. The Labute approximate surface area is 80.9 Å². The molecule has 0 atom stereocenters. The molecule has 0 aliphatic rings. The first kappa shape index (κ1) is 10.6. The van der Waals surface area contributed by atoms with Crippen molar-refractivity contribution < 1.29 is 9.84 Å². The molecular formula is C7H13N5O2. The van der Waals surface area contributed by atoms with Gasteiger partial charge in [-0.15, -0.1) is 0 Å². The van der Waals surface area contributed by atoms with Crippen LogP contribution in [-0.2, 0) is 0 Å². The smallest absolute Gasteiger partial charge is 0.176 e. The van der Waals surface area contributed by atoms with Gasteiger partial charge in [0.05, 0.1) is 0 Å². The number of hydrogen-bond acceptors (Lipinski definition) is 6. The summed E-state index contributed by atoms with van der Waals surface area (Å²) in [5.41, 5.74) is 7.63. The molecule has 1 rings (SSSR count). The molecule has 0 saturated carbocycles. The molecule has 1 aromatic heterocycles. The van der Waals surface area contributed by atoms with Crippen molar-refractivity contribution in [1.29, 1.82) is 0 Å². The maximum atomic E-state index is 8.74. The fourth-order valence-electron chi connectivity index (χ4n) is 0.890. The highest BCUT2D eigenvalue weighted by molar-refractivity contribution is 5.95. The Kier molecular flexibility index (Phi) is 4.59. The predicted octanol–water partition coefficient (Wildman–Crippen LogP) is -0.466. The van der Waals surface area contributed by atoms with Gasteiger partial charge in [-0.05, 0) is 24.5 Å². The molecule has 0 bridgehead atoms. The fourth-order valence-corrected chi connectivity index (χ4v) is 0.890. The van der Waals surface area contributed by atoms with Gasteiger partial charge in [-0.3, -0.25) is 15.7 Å². The minimum atomic E-state index is 0.253. The highest BCUT2D eigenvalue weighted by Gasteiger charge is 2.05. The van der Waals surface area contributed by atoms with Crippen LogP contribution in [0.1, 0.15) is 18.5 Å². The summed E-state index contributed by atoms with van der Waals surface area (Å²) >= 11 is 0. The molecule has 7 nitrogen and oxygen atoms in total. The van der Waals surface area contributed by atoms with E-state index in [2.05, 4.69) is 19.9 Å². The quantitative estimate of drug-likeness (QED) is 0.256. The average molecular weight is 199 g/mol. The van der Waals surface area contributed by atoms with Gasteiger partial charge in [0.25, 0.3) is 0 Å². The lowest BCUT2D eigenvalue weighted by atomic mass is 10.3. The van der Waals surface area contributed by atoms with Gasteiger partial charge in [-0.25, -0.2) is 4.63 Å². The largest absolute Gasteiger partial charge is 0.330 e. The summed E-state index contributed by atoms with van der Waals surface area (Å²) < 4.78 is 4.37. The highest BCUT2D eigenvalue weighted by Crippen LogP contribution is 1.94. The van der Waals surface area contributed by atoms with E-state index < -0.39 is 0 Å². The van der Waals surface area contributed by atoms with Crippen LogP contribution in [-0.4, -0.2) is 34.4 Å². The first-order valence-corrected chi connectivity index (χ1v) is 4.31. The molecule has 1 heterocycles. The third kappa shape index (κ3) is 3.11. The summed E-state index contributed by atoms with van der Waals surface area (Å²) in [5.74, 6) is 0.253. The van der Waals surface area contributed by atoms with Gasteiger partial charge in [-0.1, -0.05) is 5.16 Å². The van der Waals surface area contributed by atoms with Crippen molar-refractivity contribution in [2.75, 3.05) is 13.1 Å². The lowest BCUT2D eigenvalue weighted by Gasteiger charge is -1.99. The standard InChI is InChI=1S/C7H13N5O2/c8-3-1-2-4-9-7(11-13)6-5-10-14-12-6/h5,13H,1-4,8H2,(H,9,11). The van der Waals surface area contributed by atoms with Gasteiger partial charge in [0, 0.05) is 6.54 Å². The Morgan fingerprint density at radius 1 is 1.64 bits per heavy atom.